The molecule has 0 heterocycles. The van der Waals surface area contributed by atoms with Crippen LogP contribution in [-0.4, -0.2) is 45.2 Å². The number of hydrogen-bond acceptors (Lipinski definition) is 7. The van der Waals surface area contributed by atoms with Gasteiger partial charge in [0, 0.05) is 23.4 Å². The van der Waals surface area contributed by atoms with E-state index in [1.807, 2.05) is 26.1 Å². The topological polar surface area (TPSA) is 83.4 Å². The molecule has 0 fully saturated rings. The molecule has 0 saturated carbocycles. The van der Waals surface area contributed by atoms with Crippen molar-refractivity contribution in [2.24, 2.45) is 10.9 Å². The number of aliphatic imine (C=N–C) groups is 1. The molecular weight excluding hydrogens is 506 g/mol. The smallest absolute Gasteiger partial charge is 0.163 e. The van der Waals surface area contributed by atoms with E-state index in [1.54, 1.807) is 39.3 Å². The molecule has 0 saturated heterocycles. The molecule has 2 aromatic carbocycles. The van der Waals surface area contributed by atoms with Gasteiger partial charge in [-0.1, -0.05) is 18.6 Å². The Kier molecular flexibility index (Phi) is 13.4. The summed E-state index contributed by atoms with van der Waals surface area (Å²) in [5, 5.41) is 0. The maximum Gasteiger partial charge on any atom is 0.163 e. The number of aryl methyl sites for hydroxylation is 1. The first-order valence-corrected chi connectivity index (χ1v) is 14.0. The van der Waals surface area contributed by atoms with Gasteiger partial charge in [-0.15, -0.1) is 0 Å². The monoisotopic (exact) mass is 551 g/mol. The number of Topliss-reactive ketones (excluding diaryl/α,β-unsaturated/α-hetero) is 2. The zero-order valence-corrected chi connectivity index (χ0v) is 25.4. The highest BCUT2D eigenvalue weighted by Gasteiger charge is 2.16. The largest absolute Gasteiger partial charge is 0.493 e. The van der Waals surface area contributed by atoms with Crippen molar-refractivity contribution in [2.75, 3.05) is 27.4 Å². The Morgan fingerprint density at radius 2 is 1.38 bits per heavy atom. The molecular formula is C33H45NO6. The SMILES string of the molecule is C/C=C(/C)CC(C=Nc1cc(OCCCCCOc2cc(C)c(C(C)=O)cc2OC)c(OC)cc1C(C)=O)CC. The van der Waals surface area contributed by atoms with Gasteiger partial charge in [0.2, 0.25) is 0 Å². The van der Waals surface area contributed by atoms with E-state index in [0.29, 0.717) is 58.9 Å². The molecule has 218 valence electrons. The van der Waals surface area contributed by atoms with Crippen molar-refractivity contribution in [1.82, 2.24) is 0 Å². The third kappa shape index (κ3) is 9.54. The molecule has 0 aromatic heterocycles. The van der Waals surface area contributed by atoms with Crippen LogP contribution in [0.4, 0.5) is 5.69 Å². The van der Waals surface area contributed by atoms with Gasteiger partial charge in [0.15, 0.2) is 34.6 Å². The Morgan fingerprint density at radius 3 is 1.88 bits per heavy atom. The summed E-state index contributed by atoms with van der Waals surface area (Å²) in [6.45, 7) is 12.3. The van der Waals surface area contributed by atoms with Gasteiger partial charge in [0.25, 0.3) is 0 Å². The second-order valence-electron chi connectivity index (χ2n) is 9.99. The van der Waals surface area contributed by atoms with Crippen molar-refractivity contribution in [3.63, 3.8) is 0 Å². The fourth-order valence-electron chi connectivity index (χ4n) is 4.29. The number of carbonyl (C=O) groups excluding carboxylic acids is 2. The van der Waals surface area contributed by atoms with Crippen LogP contribution < -0.4 is 18.9 Å². The number of ketones is 2. The average molecular weight is 552 g/mol. The van der Waals surface area contributed by atoms with Crippen LogP contribution in [-0.2, 0) is 0 Å². The molecule has 7 heteroatoms. The molecule has 0 aliphatic carbocycles. The van der Waals surface area contributed by atoms with Gasteiger partial charge in [-0.2, -0.15) is 0 Å². The van der Waals surface area contributed by atoms with Gasteiger partial charge in [0.1, 0.15) is 0 Å². The number of rotatable bonds is 17. The second-order valence-corrected chi connectivity index (χ2v) is 9.99. The van der Waals surface area contributed by atoms with E-state index in [1.165, 1.54) is 12.5 Å². The fraction of sp³-hybridized carbons (Fsp3) is 0.485. The first-order chi connectivity index (χ1) is 19.1. The molecule has 0 aliphatic rings. The number of benzene rings is 2. The zero-order chi connectivity index (χ0) is 29.7. The first kappa shape index (κ1) is 32.6. The maximum absolute atomic E-state index is 12.3. The van der Waals surface area contributed by atoms with Crippen LogP contribution in [0.3, 0.4) is 0 Å². The lowest BCUT2D eigenvalue weighted by atomic mass is 9.98. The molecule has 2 aromatic rings. The van der Waals surface area contributed by atoms with Crippen LogP contribution in [0, 0.1) is 12.8 Å². The quantitative estimate of drug-likeness (QED) is 0.0854. The van der Waals surface area contributed by atoms with E-state index in [4.69, 9.17) is 23.9 Å². The number of hydrogen-bond donors (Lipinski definition) is 0. The molecule has 0 bridgehead atoms. The summed E-state index contributed by atoms with van der Waals surface area (Å²) in [4.78, 5) is 28.8. The van der Waals surface area contributed by atoms with E-state index < -0.39 is 0 Å². The summed E-state index contributed by atoms with van der Waals surface area (Å²) in [6, 6.07) is 7.09. The number of carbonyl (C=O) groups is 2. The molecule has 0 amide bonds. The van der Waals surface area contributed by atoms with E-state index in [9.17, 15) is 9.59 Å². The van der Waals surface area contributed by atoms with Crippen LogP contribution >= 0.6 is 0 Å². The third-order valence-corrected chi connectivity index (χ3v) is 6.88. The number of unbranched alkanes of at least 4 members (excludes halogenated alkanes) is 2. The predicted octanol–water partition coefficient (Wildman–Crippen LogP) is 8.13. The fourth-order valence-corrected chi connectivity index (χ4v) is 4.29. The highest BCUT2D eigenvalue weighted by molar-refractivity contribution is 6.00. The van der Waals surface area contributed by atoms with Gasteiger partial charge in [-0.25, -0.2) is 0 Å². The lowest BCUT2D eigenvalue weighted by molar-refractivity contribution is 0.100. The number of ether oxygens (including phenoxy) is 4. The van der Waals surface area contributed by atoms with Crippen molar-refractivity contribution in [2.45, 2.75) is 73.6 Å². The summed E-state index contributed by atoms with van der Waals surface area (Å²) in [7, 11) is 3.14. The molecule has 1 unspecified atom stereocenters. The molecule has 2 rings (SSSR count). The first-order valence-electron chi connectivity index (χ1n) is 14.0. The molecule has 0 N–H and O–H groups in total. The molecule has 0 aliphatic heterocycles. The van der Waals surface area contributed by atoms with Gasteiger partial charge >= 0.3 is 0 Å². The van der Waals surface area contributed by atoms with Crippen molar-refractivity contribution >= 4 is 23.5 Å². The van der Waals surface area contributed by atoms with E-state index in [0.717, 1.165) is 37.7 Å². The van der Waals surface area contributed by atoms with Crippen LogP contribution in [0.2, 0.25) is 0 Å². The van der Waals surface area contributed by atoms with Crippen LogP contribution in [0.25, 0.3) is 0 Å². The summed E-state index contributed by atoms with van der Waals surface area (Å²) in [5.41, 5.74) is 3.92. The van der Waals surface area contributed by atoms with Crippen molar-refractivity contribution < 1.29 is 28.5 Å². The minimum absolute atomic E-state index is 0.00141. The van der Waals surface area contributed by atoms with E-state index >= 15 is 0 Å². The van der Waals surface area contributed by atoms with Crippen LogP contribution in [0.1, 0.15) is 93.0 Å². The lowest BCUT2D eigenvalue weighted by Crippen LogP contribution is -2.05. The molecule has 7 nitrogen and oxygen atoms in total. The summed E-state index contributed by atoms with van der Waals surface area (Å²) >= 11 is 0. The maximum atomic E-state index is 12.3. The Bertz CT molecular complexity index is 1210. The normalized spacial score (nSPS) is 12.3. The van der Waals surface area contributed by atoms with Gasteiger partial charge in [0.05, 0.1) is 33.1 Å². The van der Waals surface area contributed by atoms with Crippen LogP contribution in [0.5, 0.6) is 23.0 Å². The summed E-state index contributed by atoms with van der Waals surface area (Å²) in [6.07, 6.45) is 8.51. The van der Waals surface area contributed by atoms with Crippen molar-refractivity contribution in [3.05, 3.63) is 52.6 Å². The molecule has 0 radical (unpaired) electrons. The third-order valence-electron chi connectivity index (χ3n) is 6.88. The zero-order valence-electron chi connectivity index (χ0n) is 25.4. The molecule has 1 atom stereocenters. The minimum atomic E-state index is -0.0718. The highest BCUT2D eigenvalue weighted by atomic mass is 16.5. The Balaban J connectivity index is 1.98. The Hall–Kier alpha value is -3.61. The Morgan fingerprint density at radius 1 is 0.825 bits per heavy atom. The van der Waals surface area contributed by atoms with Gasteiger partial charge in [-0.3, -0.25) is 14.6 Å². The highest BCUT2D eigenvalue weighted by Crippen LogP contribution is 2.36. The number of nitrogens with zero attached hydrogens (tertiary/aromatic N) is 1. The van der Waals surface area contributed by atoms with Crippen molar-refractivity contribution in [3.8, 4) is 23.0 Å². The predicted molar refractivity (Wildman–Crippen MR) is 162 cm³/mol. The standard InChI is InChI=1S/C33H45NO6/c1-9-22(3)16-26(10-2)21-34-29-20-33(31(38-8)19-28(29)25(6)36)40-15-13-11-12-14-39-32-17-23(4)27(24(5)35)18-30(32)37-7/h9,17-21,26H,10-16H2,1-8H3/b22-9-,34-21?. The van der Waals surface area contributed by atoms with E-state index in [-0.39, 0.29) is 11.6 Å². The van der Waals surface area contributed by atoms with Gasteiger partial charge in [-0.05, 0) is 96.4 Å². The second kappa shape index (κ2) is 16.5. The number of methoxy groups -OCH3 is 2. The van der Waals surface area contributed by atoms with Crippen LogP contribution in [0.15, 0.2) is 40.9 Å². The molecule has 40 heavy (non-hydrogen) atoms. The lowest BCUT2D eigenvalue weighted by Gasteiger charge is -2.15. The average Bonchev–Trinajstić information content (AvgIpc) is 2.94. The molecule has 0 spiro atoms. The summed E-state index contributed by atoms with van der Waals surface area (Å²) in [5.74, 6) is 2.49. The van der Waals surface area contributed by atoms with Gasteiger partial charge < -0.3 is 18.9 Å². The van der Waals surface area contributed by atoms with E-state index in [2.05, 4.69) is 19.9 Å². The van der Waals surface area contributed by atoms with Crippen molar-refractivity contribution in [1.29, 1.82) is 0 Å². The Labute approximate surface area is 239 Å². The number of allylic oxidation sites excluding steroid dienone is 2. The minimum Gasteiger partial charge on any atom is -0.493 e. The summed E-state index contributed by atoms with van der Waals surface area (Å²) < 4.78 is 22.9.